The summed E-state index contributed by atoms with van der Waals surface area (Å²) in [7, 11) is 2.17. The Balaban J connectivity index is 1.26. The predicted molar refractivity (Wildman–Crippen MR) is 115 cm³/mol. The SMILES string of the molecule is CN(CC1CN2CCC1CC2CNC(=O)Nc1cccc(F)c1)c1ccccc1. The fourth-order valence-electron chi connectivity index (χ4n) is 4.76. The third-order valence-corrected chi connectivity index (χ3v) is 6.30. The number of urea groups is 1. The third kappa shape index (κ3) is 4.88. The van der Waals surface area contributed by atoms with Crippen LogP contribution in [0, 0.1) is 17.7 Å². The molecular formula is C23H29FN4O. The molecule has 3 heterocycles. The number of anilines is 2. The summed E-state index contributed by atoms with van der Waals surface area (Å²) in [5, 5.41) is 5.67. The Kier molecular flexibility index (Phi) is 6.00. The van der Waals surface area contributed by atoms with Crippen LogP contribution in [0.25, 0.3) is 0 Å². The molecule has 0 spiro atoms. The lowest BCUT2D eigenvalue weighted by Gasteiger charge is -2.50. The Morgan fingerprint density at radius 3 is 2.76 bits per heavy atom. The van der Waals surface area contributed by atoms with E-state index < -0.39 is 0 Å². The zero-order chi connectivity index (χ0) is 20.2. The van der Waals surface area contributed by atoms with Crippen molar-refractivity contribution in [3.05, 3.63) is 60.4 Å². The van der Waals surface area contributed by atoms with Gasteiger partial charge in [0.2, 0.25) is 0 Å². The fourth-order valence-corrected chi connectivity index (χ4v) is 4.76. The summed E-state index contributed by atoms with van der Waals surface area (Å²) in [4.78, 5) is 17.0. The van der Waals surface area contributed by atoms with Gasteiger partial charge >= 0.3 is 6.03 Å². The van der Waals surface area contributed by atoms with E-state index in [-0.39, 0.29) is 11.8 Å². The number of piperidine rings is 3. The summed E-state index contributed by atoms with van der Waals surface area (Å²) in [5.74, 6) is 1.00. The van der Waals surface area contributed by atoms with E-state index >= 15 is 0 Å². The van der Waals surface area contributed by atoms with Gasteiger partial charge in [-0.2, -0.15) is 0 Å². The Morgan fingerprint density at radius 1 is 1.21 bits per heavy atom. The lowest BCUT2D eigenvalue weighted by molar-refractivity contribution is 0.00612. The van der Waals surface area contributed by atoms with Gasteiger partial charge in [-0.15, -0.1) is 0 Å². The molecule has 29 heavy (non-hydrogen) atoms. The van der Waals surface area contributed by atoms with Crippen molar-refractivity contribution < 1.29 is 9.18 Å². The van der Waals surface area contributed by atoms with E-state index in [1.165, 1.54) is 24.2 Å². The van der Waals surface area contributed by atoms with Crippen molar-refractivity contribution in [1.82, 2.24) is 10.2 Å². The van der Waals surface area contributed by atoms with Crippen molar-refractivity contribution in [3.8, 4) is 0 Å². The van der Waals surface area contributed by atoms with Gasteiger partial charge in [0.25, 0.3) is 0 Å². The Labute approximate surface area is 171 Å². The first-order valence-corrected chi connectivity index (χ1v) is 10.4. The van der Waals surface area contributed by atoms with Crippen LogP contribution in [0.2, 0.25) is 0 Å². The Hall–Kier alpha value is -2.60. The number of para-hydroxylation sites is 1. The molecule has 2 N–H and O–H groups in total. The van der Waals surface area contributed by atoms with Gasteiger partial charge in [-0.3, -0.25) is 4.90 Å². The topological polar surface area (TPSA) is 47.6 Å². The highest BCUT2D eigenvalue weighted by molar-refractivity contribution is 5.89. The minimum absolute atomic E-state index is 0.279. The maximum Gasteiger partial charge on any atom is 0.319 e. The highest BCUT2D eigenvalue weighted by Gasteiger charge is 2.40. The molecule has 2 aromatic rings. The summed E-state index contributed by atoms with van der Waals surface area (Å²) >= 11 is 0. The molecule has 4 unspecified atom stereocenters. The second kappa shape index (κ2) is 8.82. The summed E-state index contributed by atoms with van der Waals surface area (Å²) in [6.07, 6.45) is 2.35. The first-order chi connectivity index (χ1) is 14.1. The third-order valence-electron chi connectivity index (χ3n) is 6.30. The van der Waals surface area contributed by atoms with E-state index in [2.05, 4.69) is 51.7 Å². The molecule has 2 amide bonds. The fraction of sp³-hybridized carbons (Fsp3) is 0.435. The number of hydrogen-bond acceptors (Lipinski definition) is 3. The van der Waals surface area contributed by atoms with Gasteiger partial charge in [0.05, 0.1) is 0 Å². The van der Waals surface area contributed by atoms with E-state index in [4.69, 9.17) is 0 Å². The van der Waals surface area contributed by atoms with E-state index in [0.29, 0.717) is 30.1 Å². The average molecular weight is 397 g/mol. The Morgan fingerprint density at radius 2 is 2.03 bits per heavy atom. The number of rotatable bonds is 6. The minimum atomic E-state index is -0.356. The summed E-state index contributed by atoms with van der Waals surface area (Å²) in [5.41, 5.74) is 1.73. The van der Waals surface area contributed by atoms with E-state index in [9.17, 15) is 9.18 Å². The van der Waals surface area contributed by atoms with Gasteiger partial charge in [0, 0.05) is 44.1 Å². The second-order valence-electron chi connectivity index (χ2n) is 8.25. The van der Waals surface area contributed by atoms with Crippen molar-refractivity contribution in [1.29, 1.82) is 0 Å². The van der Waals surface area contributed by atoms with Crippen LogP contribution in [0.5, 0.6) is 0 Å². The van der Waals surface area contributed by atoms with Gasteiger partial charge in [-0.05, 0) is 61.6 Å². The lowest BCUT2D eigenvalue weighted by atomic mass is 9.75. The molecule has 6 heteroatoms. The van der Waals surface area contributed by atoms with E-state index in [1.807, 2.05) is 6.07 Å². The number of carbonyl (C=O) groups excluding carboxylic acids is 1. The van der Waals surface area contributed by atoms with Crippen LogP contribution >= 0.6 is 0 Å². The van der Waals surface area contributed by atoms with E-state index in [0.717, 1.165) is 26.1 Å². The molecule has 3 fully saturated rings. The molecule has 5 rings (SSSR count). The molecule has 0 aliphatic carbocycles. The number of benzene rings is 2. The van der Waals surface area contributed by atoms with Gasteiger partial charge in [0.15, 0.2) is 0 Å². The number of hydrogen-bond donors (Lipinski definition) is 2. The average Bonchev–Trinajstić information content (AvgIpc) is 2.73. The minimum Gasteiger partial charge on any atom is -0.374 e. The standard InChI is InChI=1S/C23H29FN4O/c1-27(21-8-3-2-4-9-21)15-18-16-28-11-10-17(18)12-22(28)14-25-23(29)26-20-7-5-6-19(24)13-20/h2-9,13,17-18,22H,10-12,14-16H2,1H3,(H2,25,26,29). The number of halogens is 1. The molecule has 0 radical (unpaired) electrons. The van der Waals surface area contributed by atoms with E-state index in [1.54, 1.807) is 12.1 Å². The quantitative estimate of drug-likeness (QED) is 0.781. The molecule has 0 aromatic heterocycles. The number of fused-ring (bicyclic) bond motifs is 3. The smallest absolute Gasteiger partial charge is 0.319 e. The molecule has 3 aliphatic heterocycles. The molecule has 3 aliphatic rings. The maximum atomic E-state index is 13.2. The lowest BCUT2D eigenvalue weighted by Crippen LogP contribution is -2.58. The zero-order valence-electron chi connectivity index (χ0n) is 16.9. The highest BCUT2D eigenvalue weighted by Crippen LogP contribution is 2.36. The van der Waals surface area contributed by atoms with Gasteiger partial charge in [-0.1, -0.05) is 24.3 Å². The van der Waals surface area contributed by atoms with Crippen LogP contribution < -0.4 is 15.5 Å². The van der Waals surface area contributed by atoms with Crippen LogP contribution in [0.4, 0.5) is 20.6 Å². The van der Waals surface area contributed by atoms with Crippen LogP contribution in [0.15, 0.2) is 54.6 Å². The van der Waals surface area contributed by atoms with Crippen LogP contribution in [0.1, 0.15) is 12.8 Å². The molecule has 2 bridgehead atoms. The molecule has 154 valence electrons. The van der Waals surface area contributed by atoms with Crippen LogP contribution in [0.3, 0.4) is 0 Å². The van der Waals surface area contributed by atoms with Crippen LogP contribution in [-0.4, -0.2) is 50.2 Å². The molecule has 5 nitrogen and oxygen atoms in total. The second-order valence-corrected chi connectivity index (χ2v) is 8.25. The summed E-state index contributed by atoms with van der Waals surface area (Å²) in [6.45, 7) is 3.87. The predicted octanol–water partition coefficient (Wildman–Crippen LogP) is 3.79. The van der Waals surface area contributed by atoms with Gasteiger partial charge in [-0.25, -0.2) is 9.18 Å². The molecular weight excluding hydrogens is 367 g/mol. The van der Waals surface area contributed by atoms with Crippen molar-refractivity contribution in [3.63, 3.8) is 0 Å². The molecule has 2 aromatic carbocycles. The highest BCUT2D eigenvalue weighted by atomic mass is 19.1. The molecule has 0 saturated carbocycles. The van der Waals surface area contributed by atoms with Crippen molar-refractivity contribution >= 4 is 17.4 Å². The molecule has 4 atom stereocenters. The maximum absolute atomic E-state index is 13.2. The van der Waals surface area contributed by atoms with Gasteiger partial charge in [0.1, 0.15) is 5.82 Å². The summed E-state index contributed by atoms with van der Waals surface area (Å²) in [6, 6.07) is 16.6. The number of nitrogens with one attached hydrogen (secondary N) is 2. The van der Waals surface area contributed by atoms with Crippen LogP contribution in [-0.2, 0) is 0 Å². The van der Waals surface area contributed by atoms with Crippen molar-refractivity contribution in [2.75, 3.05) is 43.4 Å². The van der Waals surface area contributed by atoms with Gasteiger partial charge < -0.3 is 15.5 Å². The molecule has 3 saturated heterocycles. The zero-order valence-corrected chi connectivity index (χ0v) is 16.9. The largest absolute Gasteiger partial charge is 0.374 e. The Bertz CT molecular complexity index is 831. The number of amides is 2. The summed E-state index contributed by atoms with van der Waals surface area (Å²) < 4.78 is 13.2. The normalized spacial score (nSPS) is 25.4. The first-order valence-electron chi connectivity index (χ1n) is 10.4. The number of carbonyl (C=O) groups is 1. The van der Waals surface area contributed by atoms with Crippen molar-refractivity contribution in [2.24, 2.45) is 11.8 Å². The first kappa shape index (κ1) is 19.7. The monoisotopic (exact) mass is 396 g/mol. The number of nitrogens with zero attached hydrogens (tertiary/aromatic N) is 2. The van der Waals surface area contributed by atoms with Crippen molar-refractivity contribution in [2.45, 2.75) is 18.9 Å².